The van der Waals surface area contributed by atoms with E-state index in [4.69, 9.17) is 5.73 Å². The molecule has 0 aliphatic heterocycles. The number of carbonyl (C=O) groups excluding carboxylic acids is 1. The van der Waals surface area contributed by atoms with Crippen molar-refractivity contribution in [2.45, 2.75) is 0 Å². The molecule has 0 saturated carbocycles. The lowest BCUT2D eigenvalue weighted by Crippen LogP contribution is -2.14. The van der Waals surface area contributed by atoms with Crippen molar-refractivity contribution >= 4 is 44.0 Å². The minimum atomic E-state index is -0.253. The van der Waals surface area contributed by atoms with Crippen molar-refractivity contribution in [2.24, 2.45) is 0 Å². The molecule has 3 aromatic rings. The number of carbonyl (C=O) groups is 1. The van der Waals surface area contributed by atoms with Crippen LogP contribution in [0.15, 0.2) is 59.2 Å². The van der Waals surface area contributed by atoms with Gasteiger partial charge in [-0.2, -0.15) is 0 Å². The van der Waals surface area contributed by atoms with Crippen LogP contribution in [-0.2, 0) is 0 Å². The Morgan fingerprint density at radius 1 is 1.14 bits per heavy atom. The molecule has 0 aliphatic carbocycles. The van der Waals surface area contributed by atoms with E-state index in [-0.39, 0.29) is 5.91 Å². The molecule has 5 heteroatoms. The summed E-state index contributed by atoms with van der Waals surface area (Å²) in [7, 11) is 0. The van der Waals surface area contributed by atoms with Gasteiger partial charge in [-0.15, -0.1) is 0 Å². The lowest BCUT2D eigenvalue weighted by atomic mass is 10.1. The van der Waals surface area contributed by atoms with E-state index in [1.165, 1.54) is 0 Å². The molecule has 0 spiro atoms. The standard InChI is InChI=1S/C16H12BrN3O/c17-13-9-11(18)5-6-14(13)20-16(21)15-12-4-2-1-3-10(12)7-8-19-15/h1-9H,18H2,(H,20,21). The number of hydrogen-bond donors (Lipinski definition) is 2. The third-order valence-corrected chi connectivity index (χ3v) is 3.79. The fraction of sp³-hybridized carbons (Fsp3) is 0. The fourth-order valence-electron chi connectivity index (χ4n) is 2.11. The summed E-state index contributed by atoms with van der Waals surface area (Å²) in [6, 6.07) is 14.8. The molecule has 2 aromatic carbocycles. The Kier molecular flexibility index (Phi) is 3.58. The third kappa shape index (κ3) is 2.73. The Bertz CT molecular complexity index is 827. The van der Waals surface area contributed by atoms with Gasteiger partial charge in [0.25, 0.3) is 5.91 Å². The minimum absolute atomic E-state index is 0.253. The molecule has 1 amide bonds. The first kappa shape index (κ1) is 13.6. The maximum absolute atomic E-state index is 12.4. The third-order valence-electron chi connectivity index (χ3n) is 3.13. The van der Waals surface area contributed by atoms with Gasteiger partial charge in [-0.05, 0) is 45.6 Å². The van der Waals surface area contributed by atoms with E-state index in [9.17, 15) is 4.79 Å². The summed E-state index contributed by atoms with van der Waals surface area (Å²) < 4.78 is 0.732. The maximum atomic E-state index is 12.4. The Morgan fingerprint density at radius 2 is 1.95 bits per heavy atom. The Hall–Kier alpha value is -2.40. The van der Waals surface area contributed by atoms with Gasteiger partial charge < -0.3 is 11.1 Å². The zero-order valence-corrected chi connectivity index (χ0v) is 12.6. The summed E-state index contributed by atoms with van der Waals surface area (Å²) in [5.74, 6) is -0.253. The second-order valence-corrected chi connectivity index (χ2v) is 5.43. The summed E-state index contributed by atoms with van der Waals surface area (Å²) in [6.07, 6.45) is 1.63. The summed E-state index contributed by atoms with van der Waals surface area (Å²) in [6.45, 7) is 0. The number of nitrogen functional groups attached to an aromatic ring is 1. The number of nitrogens with zero attached hydrogens (tertiary/aromatic N) is 1. The molecule has 0 saturated heterocycles. The van der Waals surface area contributed by atoms with Crippen molar-refractivity contribution in [3.8, 4) is 0 Å². The van der Waals surface area contributed by atoms with Gasteiger partial charge in [0.15, 0.2) is 0 Å². The lowest BCUT2D eigenvalue weighted by Gasteiger charge is -2.09. The van der Waals surface area contributed by atoms with Crippen molar-refractivity contribution in [3.63, 3.8) is 0 Å². The molecule has 1 aromatic heterocycles. The minimum Gasteiger partial charge on any atom is -0.399 e. The van der Waals surface area contributed by atoms with E-state index >= 15 is 0 Å². The van der Waals surface area contributed by atoms with Crippen LogP contribution in [0.1, 0.15) is 10.5 Å². The van der Waals surface area contributed by atoms with Crippen LogP contribution in [0.5, 0.6) is 0 Å². The Morgan fingerprint density at radius 3 is 2.76 bits per heavy atom. The number of rotatable bonds is 2. The Labute approximate surface area is 130 Å². The van der Waals surface area contributed by atoms with Crippen LogP contribution in [0.4, 0.5) is 11.4 Å². The largest absolute Gasteiger partial charge is 0.399 e. The van der Waals surface area contributed by atoms with Crippen LogP contribution in [0.3, 0.4) is 0 Å². The quantitative estimate of drug-likeness (QED) is 0.696. The number of nitrogens with two attached hydrogens (primary N) is 1. The normalized spacial score (nSPS) is 10.5. The number of pyridine rings is 1. The van der Waals surface area contributed by atoms with Crippen LogP contribution in [-0.4, -0.2) is 10.9 Å². The van der Waals surface area contributed by atoms with E-state index in [0.29, 0.717) is 17.1 Å². The highest BCUT2D eigenvalue weighted by atomic mass is 79.9. The smallest absolute Gasteiger partial charge is 0.274 e. The Balaban J connectivity index is 1.97. The van der Waals surface area contributed by atoms with Crippen molar-refractivity contribution in [1.82, 2.24) is 4.98 Å². The molecule has 21 heavy (non-hydrogen) atoms. The predicted octanol–water partition coefficient (Wildman–Crippen LogP) is 3.83. The van der Waals surface area contributed by atoms with E-state index in [1.807, 2.05) is 30.3 Å². The maximum Gasteiger partial charge on any atom is 0.274 e. The topological polar surface area (TPSA) is 68.0 Å². The summed E-state index contributed by atoms with van der Waals surface area (Å²) in [5, 5.41) is 4.65. The van der Waals surface area contributed by atoms with Crippen LogP contribution in [0.2, 0.25) is 0 Å². The van der Waals surface area contributed by atoms with Gasteiger partial charge in [0, 0.05) is 21.7 Å². The zero-order valence-electron chi connectivity index (χ0n) is 11.0. The number of nitrogens with one attached hydrogen (secondary N) is 1. The van der Waals surface area contributed by atoms with Crippen LogP contribution in [0, 0.1) is 0 Å². The van der Waals surface area contributed by atoms with E-state index < -0.39 is 0 Å². The van der Waals surface area contributed by atoms with Gasteiger partial charge in [-0.25, -0.2) is 0 Å². The van der Waals surface area contributed by atoms with Gasteiger partial charge in [0.1, 0.15) is 5.69 Å². The van der Waals surface area contributed by atoms with Gasteiger partial charge in [0.2, 0.25) is 0 Å². The second-order valence-electron chi connectivity index (χ2n) is 4.57. The number of halogens is 1. The second kappa shape index (κ2) is 5.54. The highest BCUT2D eigenvalue weighted by molar-refractivity contribution is 9.10. The van der Waals surface area contributed by atoms with Crippen molar-refractivity contribution in [1.29, 1.82) is 0 Å². The molecule has 1 heterocycles. The van der Waals surface area contributed by atoms with Crippen molar-refractivity contribution < 1.29 is 4.79 Å². The molecular weight excluding hydrogens is 330 g/mol. The van der Waals surface area contributed by atoms with Gasteiger partial charge >= 0.3 is 0 Å². The molecule has 0 bridgehead atoms. The molecular formula is C16H12BrN3O. The molecule has 0 aliphatic rings. The molecule has 3 rings (SSSR count). The number of benzene rings is 2. The van der Waals surface area contributed by atoms with E-state index in [0.717, 1.165) is 15.2 Å². The van der Waals surface area contributed by atoms with Gasteiger partial charge in [-0.3, -0.25) is 9.78 Å². The summed E-state index contributed by atoms with van der Waals surface area (Å²) in [4.78, 5) is 16.6. The van der Waals surface area contributed by atoms with Crippen molar-refractivity contribution in [2.75, 3.05) is 11.1 Å². The fourth-order valence-corrected chi connectivity index (χ4v) is 2.61. The number of aromatic nitrogens is 1. The zero-order chi connectivity index (χ0) is 14.8. The first-order chi connectivity index (χ1) is 10.1. The number of amides is 1. The molecule has 0 radical (unpaired) electrons. The van der Waals surface area contributed by atoms with E-state index in [1.54, 1.807) is 24.4 Å². The molecule has 0 fully saturated rings. The first-order valence-corrected chi connectivity index (χ1v) is 7.14. The van der Waals surface area contributed by atoms with Crippen LogP contribution < -0.4 is 11.1 Å². The first-order valence-electron chi connectivity index (χ1n) is 6.35. The summed E-state index contributed by atoms with van der Waals surface area (Å²) >= 11 is 3.38. The monoisotopic (exact) mass is 341 g/mol. The van der Waals surface area contributed by atoms with Gasteiger partial charge in [0.05, 0.1) is 5.69 Å². The average Bonchev–Trinajstić information content (AvgIpc) is 2.49. The SMILES string of the molecule is Nc1ccc(NC(=O)c2nccc3ccccc23)c(Br)c1. The molecule has 104 valence electrons. The van der Waals surface area contributed by atoms with E-state index in [2.05, 4.69) is 26.2 Å². The predicted molar refractivity (Wildman–Crippen MR) is 88.3 cm³/mol. The van der Waals surface area contributed by atoms with Crippen LogP contribution in [0.25, 0.3) is 10.8 Å². The number of anilines is 2. The highest BCUT2D eigenvalue weighted by Gasteiger charge is 2.13. The number of hydrogen-bond acceptors (Lipinski definition) is 3. The van der Waals surface area contributed by atoms with Crippen molar-refractivity contribution in [3.05, 3.63) is 64.9 Å². The molecule has 3 N–H and O–H groups in total. The highest BCUT2D eigenvalue weighted by Crippen LogP contribution is 2.25. The average molecular weight is 342 g/mol. The molecule has 0 unspecified atom stereocenters. The lowest BCUT2D eigenvalue weighted by molar-refractivity contribution is 0.102. The molecule has 4 nitrogen and oxygen atoms in total. The number of fused-ring (bicyclic) bond motifs is 1. The molecule has 0 atom stereocenters. The summed E-state index contributed by atoms with van der Waals surface area (Å²) in [5.41, 5.74) is 7.37. The van der Waals surface area contributed by atoms with Gasteiger partial charge in [-0.1, -0.05) is 24.3 Å². The van der Waals surface area contributed by atoms with Crippen LogP contribution >= 0.6 is 15.9 Å².